The van der Waals surface area contributed by atoms with E-state index in [9.17, 15) is 8.42 Å². The number of nitrogens with zero attached hydrogens (tertiary/aromatic N) is 3. The van der Waals surface area contributed by atoms with Gasteiger partial charge >= 0.3 is 0 Å². The first kappa shape index (κ1) is 21.5. The Morgan fingerprint density at radius 2 is 1.72 bits per heavy atom. The number of ether oxygens (including phenoxy) is 1. The standard InChI is InChI=1S/C22H29N3O3S/c1-4-24(5-2)20-9-7-19(8-10-20)17-23-21-11-6-18(3)16-22(21)29(26,27)25-12-14-28-15-13-25/h6-11,16-17H,4-5,12-15H2,1-3H3. The molecular formula is C22H29N3O3S. The molecule has 156 valence electrons. The van der Waals surface area contributed by atoms with Gasteiger partial charge in [0.2, 0.25) is 10.0 Å². The van der Waals surface area contributed by atoms with Crippen LogP contribution in [0.4, 0.5) is 11.4 Å². The summed E-state index contributed by atoms with van der Waals surface area (Å²) in [7, 11) is -3.61. The summed E-state index contributed by atoms with van der Waals surface area (Å²) < 4.78 is 33.1. The van der Waals surface area contributed by atoms with E-state index in [-0.39, 0.29) is 4.90 Å². The minimum atomic E-state index is -3.61. The van der Waals surface area contributed by atoms with Gasteiger partial charge in [0, 0.05) is 38.1 Å². The smallest absolute Gasteiger partial charge is 0.245 e. The van der Waals surface area contributed by atoms with E-state index < -0.39 is 10.0 Å². The van der Waals surface area contributed by atoms with Crippen LogP contribution in [0.25, 0.3) is 0 Å². The van der Waals surface area contributed by atoms with E-state index in [4.69, 9.17) is 4.74 Å². The lowest BCUT2D eigenvalue weighted by atomic mass is 10.2. The van der Waals surface area contributed by atoms with Crippen LogP contribution in [0, 0.1) is 6.92 Å². The maximum Gasteiger partial charge on any atom is 0.245 e. The number of sulfonamides is 1. The number of anilines is 1. The third kappa shape index (κ3) is 5.04. The first-order chi connectivity index (χ1) is 14.0. The summed E-state index contributed by atoms with van der Waals surface area (Å²) in [6.07, 6.45) is 1.72. The molecule has 0 aromatic heterocycles. The highest BCUT2D eigenvalue weighted by molar-refractivity contribution is 7.89. The number of aliphatic imine (C=N–C) groups is 1. The fourth-order valence-electron chi connectivity index (χ4n) is 3.36. The van der Waals surface area contributed by atoms with Crippen LogP contribution >= 0.6 is 0 Å². The topological polar surface area (TPSA) is 62.2 Å². The highest BCUT2D eigenvalue weighted by atomic mass is 32.2. The van der Waals surface area contributed by atoms with E-state index >= 15 is 0 Å². The average Bonchev–Trinajstić information content (AvgIpc) is 2.75. The zero-order chi connectivity index (χ0) is 20.9. The summed E-state index contributed by atoms with van der Waals surface area (Å²) in [6.45, 7) is 9.63. The second kappa shape index (κ2) is 9.52. The predicted molar refractivity (Wildman–Crippen MR) is 118 cm³/mol. The fourth-order valence-corrected chi connectivity index (χ4v) is 4.99. The molecule has 3 rings (SSSR count). The molecule has 6 nitrogen and oxygen atoms in total. The maximum absolute atomic E-state index is 13.1. The Hall–Kier alpha value is -2.22. The van der Waals surface area contributed by atoms with Crippen molar-refractivity contribution in [3.8, 4) is 0 Å². The highest BCUT2D eigenvalue weighted by Gasteiger charge is 2.28. The number of hydrogen-bond donors (Lipinski definition) is 0. The average molecular weight is 416 g/mol. The summed E-state index contributed by atoms with van der Waals surface area (Å²) in [6, 6.07) is 13.5. The van der Waals surface area contributed by atoms with Crippen molar-refractivity contribution >= 4 is 27.6 Å². The molecule has 1 heterocycles. The molecule has 0 radical (unpaired) electrons. The van der Waals surface area contributed by atoms with Gasteiger partial charge in [-0.25, -0.2) is 8.42 Å². The maximum atomic E-state index is 13.1. The van der Waals surface area contributed by atoms with Crippen molar-refractivity contribution < 1.29 is 13.2 Å². The van der Waals surface area contributed by atoms with Crippen molar-refractivity contribution in [3.63, 3.8) is 0 Å². The summed E-state index contributed by atoms with van der Waals surface area (Å²) >= 11 is 0. The SMILES string of the molecule is CCN(CC)c1ccc(C=Nc2ccc(C)cc2S(=O)(=O)N2CCOCC2)cc1. The number of rotatable bonds is 7. The monoisotopic (exact) mass is 415 g/mol. The molecule has 0 N–H and O–H groups in total. The number of morpholine rings is 1. The lowest BCUT2D eigenvalue weighted by molar-refractivity contribution is 0.0730. The second-order valence-corrected chi connectivity index (χ2v) is 8.92. The Morgan fingerprint density at radius 1 is 1.07 bits per heavy atom. The lowest BCUT2D eigenvalue weighted by Gasteiger charge is -2.26. The van der Waals surface area contributed by atoms with Crippen molar-refractivity contribution in [2.24, 2.45) is 4.99 Å². The van der Waals surface area contributed by atoms with Gasteiger partial charge in [0.05, 0.1) is 18.9 Å². The third-order valence-corrected chi connectivity index (χ3v) is 7.01. The molecule has 0 amide bonds. The Kier molecular flexibility index (Phi) is 7.05. The minimum absolute atomic E-state index is 0.246. The molecule has 0 unspecified atom stereocenters. The molecule has 0 atom stereocenters. The Bertz CT molecular complexity index is 946. The van der Waals surface area contributed by atoms with Crippen LogP contribution in [0.5, 0.6) is 0 Å². The predicted octanol–water partition coefficient (Wildman–Crippen LogP) is 3.61. The van der Waals surface area contributed by atoms with Gasteiger partial charge in [0.25, 0.3) is 0 Å². The Morgan fingerprint density at radius 3 is 2.34 bits per heavy atom. The molecule has 1 aliphatic heterocycles. The number of aryl methyl sites for hydroxylation is 1. The molecule has 1 fully saturated rings. The Labute approximate surface area is 173 Å². The van der Waals surface area contributed by atoms with Crippen molar-refractivity contribution in [2.45, 2.75) is 25.7 Å². The molecule has 2 aromatic carbocycles. The van der Waals surface area contributed by atoms with Crippen LogP contribution < -0.4 is 4.90 Å². The van der Waals surface area contributed by atoms with Gasteiger partial charge in [0.15, 0.2) is 0 Å². The van der Waals surface area contributed by atoms with Gasteiger partial charge in [-0.05, 0) is 56.2 Å². The molecule has 0 spiro atoms. The van der Waals surface area contributed by atoms with Crippen molar-refractivity contribution in [2.75, 3.05) is 44.3 Å². The number of benzene rings is 2. The largest absolute Gasteiger partial charge is 0.379 e. The Balaban J connectivity index is 1.88. The first-order valence-electron chi connectivity index (χ1n) is 10.0. The van der Waals surface area contributed by atoms with Crippen LogP contribution in [0.3, 0.4) is 0 Å². The molecule has 0 saturated carbocycles. The molecule has 7 heteroatoms. The minimum Gasteiger partial charge on any atom is -0.379 e. The van der Waals surface area contributed by atoms with E-state index in [1.807, 2.05) is 25.1 Å². The van der Waals surface area contributed by atoms with Gasteiger partial charge in [-0.1, -0.05) is 18.2 Å². The van der Waals surface area contributed by atoms with Gasteiger partial charge in [-0.2, -0.15) is 4.31 Å². The number of hydrogen-bond acceptors (Lipinski definition) is 5. The van der Waals surface area contributed by atoms with Crippen LogP contribution in [0.15, 0.2) is 52.4 Å². The van der Waals surface area contributed by atoms with Crippen LogP contribution in [0.1, 0.15) is 25.0 Å². The molecule has 1 aliphatic rings. The van der Waals surface area contributed by atoms with Crippen LogP contribution in [-0.4, -0.2) is 58.3 Å². The van der Waals surface area contributed by atoms with E-state index in [1.165, 1.54) is 4.31 Å². The molecule has 29 heavy (non-hydrogen) atoms. The molecule has 0 aliphatic carbocycles. The van der Waals surface area contributed by atoms with Crippen molar-refractivity contribution in [1.29, 1.82) is 0 Å². The summed E-state index contributed by atoms with van der Waals surface area (Å²) in [4.78, 5) is 7.04. The first-order valence-corrected chi connectivity index (χ1v) is 11.5. The van der Waals surface area contributed by atoms with Gasteiger partial charge in [-0.15, -0.1) is 0 Å². The van der Waals surface area contributed by atoms with Crippen LogP contribution in [0.2, 0.25) is 0 Å². The molecule has 1 saturated heterocycles. The van der Waals surface area contributed by atoms with E-state index in [0.717, 1.165) is 29.9 Å². The molecular weight excluding hydrogens is 386 g/mol. The summed E-state index contributed by atoms with van der Waals surface area (Å²) in [5, 5.41) is 0. The van der Waals surface area contributed by atoms with E-state index in [0.29, 0.717) is 32.0 Å². The summed E-state index contributed by atoms with van der Waals surface area (Å²) in [5.74, 6) is 0. The fraction of sp³-hybridized carbons (Fsp3) is 0.409. The second-order valence-electron chi connectivity index (χ2n) is 7.01. The highest BCUT2D eigenvalue weighted by Crippen LogP contribution is 2.29. The van der Waals surface area contributed by atoms with Crippen molar-refractivity contribution in [3.05, 3.63) is 53.6 Å². The van der Waals surface area contributed by atoms with Crippen molar-refractivity contribution in [1.82, 2.24) is 4.31 Å². The van der Waals surface area contributed by atoms with Gasteiger partial charge in [0.1, 0.15) is 4.90 Å². The quantitative estimate of drug-likeness (QED) is 0.648. The van der Waals surface area contributed by atoms with Gasteiger partial charge in [-0.3, -0.25) is 4.99 Å². The van der Waals surface area contributed by atoms with Gasteiger partial charge < -0.3 is 9.64 Å². The lowest BCUT2D eigenvalue weighted by Crippen LogP contribution is -2.40. The molecule has 2 aromatic rings. The summed E-state index contributed by atoms with van der Waals surface area (Å²) in [5.41, 5.74) is 3.43. The third-order valence-electron chi connectivity index (χ3n) is 5.08. The van der Waals surface area contributed by atoms with Crippen LogP contribution in [-0.2, 0) is 14.8 Å². The zero-order valence-electron chi connectivity index (χ0n) is 17.3. The zero-order valence-corrected chi connectivity index (χ0v) is 18.2. The van der Waals surface area contributed by atoms with E-state index in [2.05, 4.69) is 35.9 Å². The van der Waals surface area contributed by atoms with E-state index in [1.54, 1.807) is 18.3 Å². The molecule has 0 bridgehead atoms. The normalized spacial score (nSPS) is 15.7.